The minimum atomic E-state index is 0.697. The predicted molar refractivity (Wildman–Crippen MR) is 97.7 cm³/mol. The van der Waals surface area contributed by atoms with Gasteiger partial charge in [-0.25, -0.2) is 4.98 Å². The lowest BCUT2D eigenvalue weighted by molar-refractivity contribution is 0.134. The number of aromatic nitrogens is 1. The Morgan fingerprint density at radius 1 is 1.04 bits per heavy atom. The molecule has 0 unspecified atom stereocenters. The van der Waals surface area contributed by atoms with Crippen LogP contribution in [0.2, 0.25) is 0 Å². The van der Waals surface area contributed by atoms with Crippen LogP contribution in [0.15, 0.2) is 52.9 Å². The van der Waals surface area contributed by atoms with E-state index in [2.05, 4.69) is 41.9 Å². The molecule has 1 saturated heterocycles. The Labute approximate surface area is 143 Å². The second kappa shape index (κ2) is 6.40. The zero-order chi connectivity index (χ0) is 16.5. The molecule has 0 aliphatic carbocycles. The summed E-state index contributed by atoms with van der Waals surface area (Å²) in [7, 11) is 0. The summed E-state index contributed by atoms with van der Waals surface area (Å²) in [4.78, 5) is 7.25. The Bertz CT molecular complexity index is 814. The maximum Gasteiger partial charge on any atom is 0.227 e. The van der Waals surface area contributed by atoms with Crippen LogP contribution in [0.3, 0.4) is 0 Å². The number of nitrogens with zero attached hydrogens (tertiary/aromatic N) is 2. The van der Waals surface area contributed by atoms with E-state index in [4.69, 9.17) is 4.42 Å². The molecule has 3 aromatic rings. The molecule has 24 heavy (non-hydrogen) atoms. The van der Waals surface area contributed by atoms with Gasteiger partial charge in [-0.3, -0.25) is 4.90 Å². The molecule has 3 heteroatoms. The average Bonchev–Trinajstić information content (AvgIpc) is 2.98. The lowest BCUT2D eigenvalue weighted by Gasteiger charge is -2.34. The van der Waals surface area contributed by atoms with Gasteiger partial charge >= 0.3 is 0 Å². The van der Waals surface area contributed by atoms with Crippen LogP contribution in [0.4, 0.5) is 0 Å². The molecule has 1 aliphatic heterocycles. The van der Waals surface area contributed by atoms with Gasteiger partial charge in [0.15, 0.2) is 5.58 Å². The maximum absolute atomic E-state index is 5.91. The van der Waals surface area contributed by atoms with Crippen LogP contribution in [0.5, 0.6) is 0 Å². The van der Waals surface area contributed by atoms with Gasteiger partial charge in [0.05, 0.1) is 0 Å². The van der Waals surface area contributed by atoms with Gasteiger partial charge in [0.2, 0.25) is 5.89 Å². The van der Waals surface area contributed by atoms with Crippen molar-refractivity contribution in [3.05, 3.63) is 54.1 Å². The number of hydrogen-bond acceptors (Lipinski definition) is 3. The predicted octanol–water partition coefficient (Wildman–Crippen LogP) is 4.97. The van der Waals surface area contributed by atoms with Crippen molar-refractivity contribution in [2.75, 3.05) is 13.1 Å². The van der Waals surface area contributed by atoms with Gasteiger partial charge in [-0.2, -0.15) is 0 Å². The van der Waals surface area contributed by atoms with Gasteiger partial charge in [-0.15, -0.1) is 0 Å². The SMILES string of the molecule is C[C@H]1C[C@H](C)CN(Cc2ccc3oc(-c4ccccc4)nc3c2)C1. The van der Waals surface area contributed by atoms with Crippen LogP contribution in [0.1, 0.15) is 25.8 Å². The first-order valence-electron chi connectivity index (χ1n) is 8.84. The van der Waals surface area contributed by atoms with E-state index in [0.29, 0.717) is 5.89 Å². The van der Waals surface area contributed by atoms with E-state index in [1.807, 2.05) is 30.3 Å². The Balaban J connectivity index is 1.57. The van der Waals surface area contributed by atoms with Crippen molar-refractivity contribution in [2.24, 2.45) is 11.8 Å². The van der Waals surface area contributed by atoms with Crippen LogP contribution < -0.4 is 0 Å². The largest absolute Gasteiger partial charge is 0.436 e. The minimum Gasteiger partial charge on any atom is -0.436 e. The zero-order valence-electron chi connectivity index (χ0n) is 14.4. The summed E-state index contributed by atoms with van der Waals surface area (Å²) in [6.07, 6.45) is 1.35. The smallest absolute Gasteiger partial charge is 0.227 e. The van der Waals surface area contributed by atoms with Gasteiger partial charge in [-0.1, -0.05) is 38.1 Å². The van der Waals surface area contributed by atoms with E-state index < -0.39 is 0 Å². The van der Waals surface area contributed by atoms with Crippen LogP contribution >= 0.6 is 0 Å². The molecule has 0 bridgehead atoms. The minimum absolute atomic E-state index is 0.697. The summed E-state index contributed by atoms with van der Waals surface area (Å²) in [5.41, 5.74) is 4.15. The molecular formula is C21H24N2O. The first kappa shape index (κ1) is 15.4. The summed E-state index contributed by atoms with van der Waals surface area (Å²) in [5.74, 6) is 2.27. The van der Waals surface area contributed by atoms with Gasteiger partial charge < -0.3 is 4.42 Å². The van der Waals surface area contributed by atoms with E-state index in [9.17, 15) is 0 Å². The summed E-state index contributed by atoms with van der Waals surface area (Å²) in [6, 6.07) is 16.5. The highest BCUT2D eigenvalue weighted by Gasteiger charge is 2.21. The third kappa shape index (κ3) is 3.22. The van der Waals surface area contributed by atoms with Gasteiger partial charge in [-0.05, 0) is 48.1 Å². The molecule has 2 aromatic carbocycles. The fourth-order valence-corrected chi connectivity index (χ4v) is 3.95. The number of hydrogen-bond donors (Lipinski definition) is 0. The molecule has 3 nitrogen and oxygen atoms in total. The summed E-state index contributed by atoms with van der Waals surface area (Å²) < 4.78 is 5.91. The molecule has 0 spiro atoms. The van der Waals surface area contributed by atoms with Gasteiger partial charge in [0.1, 0.15) is 5.52 Å². The van der Waals surface area contributed by atoms with Gasteiger partial charge in [0, 0.05) is 25.2 Å². The number of benzene rings is 2. The van der Waals surface area contributed by atoms with Crippen LogP contribution in [-0.4, -0.2) is 23.0 Å². The third-order valence-corrected chi connectivity index (χ3v) is 4.82. The fraction of sp³-hybridized carbons (Fsp3) is 0.381. The van der Waals surface area contributed by atoms with Crippen molar-refractivity contribution in [3.63, 3.8) is 0 Å². The second-order valence-corrected chi connectivity index (χ2v) is 7.33. The lowest BCUT2D eigenvalue weighted by atomic mass is 9.91. The molecule has 1 fully saturated rings. The highest BCUT2D eigenvalue weighted by atomic mass is 16.3. The number of piperidine rings is 1. The van der Waals surface area contributed by atoms with E-state index in [1.54, 1.807) is 0 Å². The molecular weight excluding hydrogens is 296 g/mol. The molecule has 0 radical (unpaired) electrons. The molecule has 2 atom stereocenters. The number of oxazole rings is 1. The number of likely N-dealkylation sites (tertiary alicyclic amines) is 1. The van der Waals surface area contributed by atoms with Crippen molar-refractivity contribution in [3.8, 4) is 11.5 Å². The van der Waals surface area contributed by atoms with Crippen LogP contribution in [-0.2, 0) is 6.54 Å². The molecule has 0 amide bonds. The van der Waals surface area contributed by atoms with Crippen molar-refractivity contribution >= 4 is 11.1 Å². The normalized spacial score (nSPS) is 22.1. The zero-order valence-corrected chi connectivity index (χ0v) is 14.4. The van der Waals surface area contributed by atoms with Gasteiger partial charge in [0.25, 0.3) is 0 Å². The topological polar surface area (TPSA) is 29.3 Å². The first-order chi connectivity index (χ1) is 11.7. The second-order valence-electron chi connectivity index (χ2n) is 7.33. The maximum atomic E-state index is 5.91. The third-order valence-electron chi connectivity index (χ3n) is 4.82. The first-order valence-corrected chi connectivity index (χ1v) is 8.84. The van der Waals surface area contributed by atoms with Crippen molar-refractivity contribution < 1.29 is 4.42 Å². The van der Waals surface area contributed by atoms with Crippen LogP contribution in [0, 0.1) is 11.8 Å². The molecule has 124 valence electrons. The van der Waals surface area contributed by atoms with Crippen molar-refractivity contribution in [2.45, 2.75) is 26.8 Å². The molecule has 0 N–H and O–H groups in total. The molecule has 1 aliphatic rings. The Kier molecular flexibility index (Phi) is 4.11. The monoisotopic (exact) mass is 320 g/mol. The molecule has 2 heterocycles. The van der Waals surface area contributed by atoms with E-state index in [1.165, 1.54) is 25.1 Å². The number of rotatable bonds is 3. The van der Waals surface area contributed by atoms with Crippen molar-refractivity contribution in [1.29, 1.82) is 0 Å². The summed E-state index contributed by atoms with van der Waals surface area (Å²) in [5, 5.41) is 0. The Hall–Kier alpha value is -2.13. The van der Waals surface area contributed by atoms with Crippen molar-refractivity contribution in [1.82, 2.24) is 9.88 Å². The van der Waals surface area contributed by atoms with Crippen LogP contribution in [0.25, 0.3) is 22.6 Å². The Morgan fingerprint density at radius 3 is 2.54 bits per heavy atom. The molecule has 0 saturated carbocycles. The van der Waals surface area contributed by atoms with E-state index >= 15 is 0 Å². The highest BCUT2D eigenvalue weighted by molar-refractivity contribution is 5.76. The summed E-state index contributed by atoms with van der Waals surface area (Å²) >= 11 is 0. The number of fused-ring (bicyclic) bond motifs is 1. The highest BCUT2D eigenvalue weighted by Crippen LogP contribution is 2.26. The average molecular weight is 320 g/mol. The standard InChI is InChI=1S/C21H24N2O/c1-15-10-16(2)13-23(12-15)14-17-8-9-20-19(11-17)22-21(24-20)18-6-4-3-5-7-18/h3-9,11,15-16H,10,12-14H2,1-2H3/t15-,16-/m0/s1. The molecule has 1 aromatic heterocycles. The Morgan fingerprint density at radius 2 is 1.79 bits per heavy atom. The fourth-order valence-electron chi connectivity index (χ4n) is 3.95. The molecule has 4 rings (SSSR count). The quantitative estimate of drug-likeness (QED) is 0.682. The van der Waals surface area contributed by atoms with E-state index in [-0.39, 0.29) is 0 Å². The van der Waals surface area contributed by atoms with E-state index in [0.717, 1.165) is 35.0 Å². The summed E-state index contributed by atoms with van der Waals surface area (Å²) in [6.45, 7) is 8.09. The lowest BCUT2D eigenvalue weighted by Crippen LogP contribution is -2.38.